The van der Waals surface area contributed by atoms with E-state index in [4.69, 9.17) is 16.3 Å². The Labute approximate surface area is 119 Å². The van der Waals surface area contributed by atoms with E-state index in [0.29, 0.717) is 18.8 Å². The molecule has 1 aliphatic rings. The van der Waals surface area contributed by atoms with Crippen molar-refractivity contribution in [2.75, 3.05) is 23.8 Å². The van der Waals surface area contributed by atoms with Crippen molar-refractivity contribution in [1.29, 1.82) is 0 Å². The Balaban J connectivity index is 2.22. The Morgan fingerprint density at radius 1 is 1.61 bits per heavy atom. The van der Waals surface area contributed by atoms with Gasteiger partial charge < -0.3 is 10.1 Å². The van der Waals surface area contributed by atoms with Gasteiger partial charge in [-0.2, -0.15) is 9.78 Å². The van der Waals surface area contributed by atoms with Crippen LogP contribution in [0.5, 0.6) is 0 Å². The summed E-state index contributed by atoms with van der Waals surface area (Å²) in [6, 6.07) is 0. The molecule has 1 aliphatic heterocycles. The molecule has 100 valence electrons. The third kappa shape index (κ3) is 3.05. The third-order valence-electron chi connectivity index (χ3n) is 2.78. The van der Waals surface area contributed by atoms with Gasteiger partial charge in [-0.25, -0.2) is 0 Å². The highest BCUT2D eigenvalue weighted by atomic mass is 79.9. The SMILES string of the molecule is O=c1c(Cl)c(NCCBr)cnn1C1CCCCO1. The minimum Gasteiger partial charge on any atom is -0.382 e. The van der Waals surface area contributed by atoms with Crippen LogP contribution < -0.4 is 10.9 Å². The van der Waals surface area contributed by atoms with Crippen molar-refractivity contribution in [3.8, 4) is 0 Å². The smallest absolute Gasteiger partial charge is 0.290 e. The molecule has 0 amide bonds. The first-order chi connectivity index (χ1) is 8.74. The highest BCUT2D eigenvalue weighted by molar-refractivity contribution is 9.09. The predicted octanol–water partition coefficient (Wildman–Crippen LogP) is 2.40. The summed E-state index contributed by atoms with van der Waals surface area (Å²) in [5.41, 5.74) is 0.260. The average molecular weight is 337 g/mol. The lowest BCUT2D eigenvalue weighted by Crippen LogP contribution is -2.31. The largest absolute Gasteiger partial charge is 0.382 e. The number of nitrogens with one attached hydrogen (secondary N) is 1. The Bertz CT molecular complexity index is 460. The molecule has 0 aromatic carbocycles. The summed E-state index contributed by atoms with van der Waals surface area (Å²) in [4.78, 5) is 12.1. The van der Waals surface area contributed by atoms with Gasteiger partial charge in [0.05, 0.1) is 11.9 Å². The molecule has 1 fully saturated rings. The van der Waals surface area contributed by atoms with E-state index in [0.717, 1.165) is 24.6 Å². The summed E-state index contributed by atoms with van der Waals surface area (Å²) in [5.74, 6) is 0. The standard InChI is InChI=1S/C11H15BrClN3O2/c12-4-5-14-8-7-15-16(11(17)10(8)13)9-3-1-2-6-18-9/h7,9,14H,1-6H2. The Hall–Kier alpha value is -0.590. The number of alkyl halides is 1. The summed E-state index contributed by atoms with van der Waals surface area (Å²) in [7, 11) is 0. The maximum Gasteiger partial charge on any atom is 0.290 e. The molecule has 0 aliphatic carbocycles. The second-order valence-corrected chi connectivity index (χ2v) is 5.23. The monoisotopic (exact) mass is 335 g/mol. The fraction of sp³-hybridized carbons (Fsp3) is 0.636. The molecule has 5 nitrogen and oxygen atoms in total. The molecule has 0 saturated carbocycles. The maximum atomic E-state index is 12.1. The zero-order chi connectivity index (χ0) is 13.0. The number of aromatic nitrogens is 2. The fourth-order valence-electron chi connectivity index (χ4n) is 1.87. The van der Waals surface area contributed by atoms with E-state index in [1.165, 1.54) is 4.68 Å². The van der Waals surface area contributed by atoms with Crippen LogP contribution in [0.1, 0.15) is 25.5 Å². The van der Waals surface area contributed by atoms with Crippen molar-refractivity contribution in [3.63, 3.8) is 0 Å². The Morgan fingerprint density at radius 2 is 2.44 bits per heavy atom. The van der Waals surface area contributed by atoms with E-state index in [1.807, 2.05) is 0 Å². The summed E-state index contributed by atoms with van der Waals surface area (Å²) in [5, 5.41) is 8.11. The highest BCUT2D eigenvalue weighted by Crippen LogP contribution is 2.22. The van der Waals surface area contributed by atoms with Gasteiger partial charge in [-0.05, 0) is 19.3 Å². The topological polar surface area (TPSA) is 56.2 Å². The minimum absolute atomic E-state index is 0.167. The van der Waals surface area contributed by atoms with E-state index in [-0.39, 0.29) is 16.8 Å². The average Bonchev–Trinajstić information content (AvgIpc) is 2.41. The summed E-state index contributed by atoms with van der Waals surface area (Å²) in [6.07, 6.45) is 4.17. The molecule has 1 N–H and O–H groups in total. The van der Waals surface area contributed by atoms with Crippen molar-refractivity contribution in [2.45, 2.75) is 25.5 Å². The van der Waals surface area contributed by atoms with Gasteiger partial charge in [0.25, 0.3) is 5.56 Å². The minimum atomic E-state index is -0.303. The molecule has 2 rings (SSSR count). The van der Waals surface area contributed by atoms with Gasteiger partial charge in [-0.15, -0.1) is 0 Å². The molecule has 1 saturated heterocycles. The van der Waals surface area contributed by atoms with Gasteiger partial charge in [-0.1, -0.05) is 27.5 Å². The van der Waals surface area contributed by atoms with Gasteiger partial charge in [0, 0.05) is 18.5 Å². The lowest BCUT2D eigenvalue weighted by molar-refractivity contribution is -0.0424. The van der Waals surface area contributed by atoms with Gasteiger partial charge in [-0.3, -0.25) is 4.79 Å². The molecule has 18 heavy (non-hydrogen) atoms. The molecule has 7 heteroatoms. The van der Waals surface area contributed by atoms with Crippen LogP contribution in [0, 0.1) is 0 Å². The molecular weight excluding hydrogens is 321 g/mol. The number of halogens is 2. The number of anilines is 1. The van der Waals surface area contributed by atoms with Gasteiger partial charge >= 0.3 is 0 Å². The summed E-state index contributed by atoms with van der Waals surface area (Å²) < 4.78 is 6.87. The van der Waals surface area contributed by atoms with Crippen LogP contribution in [-0.2, 0) is 4.74 Å². The molecule has 1 aromatic rings. The number of hydrogen-bond donors (Lipinski definition) is 1. The van der Waals surface area contributed by atoms with Crippen molar-refractivity contribution >= 4 is 33.2 Å². The van der Waals surface area contributed by atoms with Crippen LogP contribution in [0.3, 0.4) is 0 Å². The molecule has 1 unspecified atom stereocenters. The first kappa shape index (κ1) is 13.8. The number of nitrogens with zero attached hydrogens (tertiary/aromatic N) is 2. The first-order valence-corrected chi connectivity index (χ1v) is 7.42. The molecule has 0 spiro atoms. The van der Waals surface area contributed by atoms with E-state index in [1.54, 1.807) is 6.20 Å². The van der Waals surface area contributed by atoms with E-state index < -0.39 is 0 Å². The molecule has 0 bridgehead atoms. The lowest BCUT2D eigenvalue weighted by Gasteiger charge is -2.23. The van der Waals surface area contributed by atoms with Crippen LogP contribution in [0.25, 0.3) is 0 Å². The van der Waals surface area contributed by atoms with Crippen molar-refractivity contribution in [2.24, 2.45) is 0 Å². The molecule has 1 aromatic heterocycles. The fourth-order valence-corrected chi connectivity index (χ4v) is 2.27. The maximum absolute atomic E-state index is 12.1. The van der Waals surface area contributed by atoms with Gasteiger partial charge in [0.1, 0.15) is 5.02 Å². The van der Waals surface area contributed by atoms with Crippen LogP contribution >= 0.6 is 27.5 Å². The van der Waals surface area contributed by atoms with Crippen molar-refractivity contribution < 1.29 is 4.74 Å². The zero-order valence-electron chi connectivity index (χ0n) is 9.86. The zero-order valence-corrected chi connectivity index (χ0v) is 12.2. The van der Waals surface area contributed by atoms with Crippen LogP contribution in [0.2, 0.25) is 5.02 Å². The highest BCUT2D eigenvalue weighted by Gasteiger charge is 2.20. The molecule has 1 atom stereocenters. The second-order valence-electron chi connectivity index (χ2n) is 4.06. The predicted molar refractivity (Wildman–Crippen MR) is 74.6 cm³/mol. The van der Waals surface area contributed by atoms with Crippen molar-refractivity contribution in [3.05, 3.63) is 21.6 Å². The van der Waals surface area contributed by atoms with Gasteiger partial charge in [0.2, 0.25) is 0 Å². The van der Waals surface area contributed by atoms with Crippen LogP contribution in [0.4, 0.5) is 5.69 Å². The Morgan fingerprint density at radius 3 is 3.11 bits per heavy atom. The first-order valence-electron chi connectivity index (χ1n) is 5.93. The number of rotatable bonds is 4. The summed E-state index contributed by atoms with van der Waals surface area (Å²) in [6.45, 7) is 1.35. The van der Waals surface area contributed by atoms with Crippen molar-refractivity contribution in [1.82, 2.24) is 9.78 Å². The third-order valence-corrected chi connectivity index (χ3v) is 3.54. The normalized spacial score (nSPS) is 19.8. The summed E-state index contributed by atoms with van der Waals surface area (Å²) >= 11 is 9.34. The second kappa shape index (κ2) is 6.54. The van der Waals surface area contributed by atoms with Crippen LogP contribution in [-0.4, -0.2) is 28.3 Å². The van der Waals surface area contributed by atoms with E-state index in [9.17, 15) is 4.79 Å². The number of hydrogen-bond acceptors (Lipinski definition) is 4. The van der Waals surface area contributed by atoms with Crippen LogP contribution in [0.15, 0.2) is 11.0 Å². The van der Waals surface area contributed by atoms with E-state index in [2.05, 4.69) is 26.3 Å². The number of ether oxygens (including phenoxy) is 1. The molecule has 0 radical (unpaired) electrons. The van der Waals surface area contributed by atoms with E-state index >= 15 is 0 Å². The molecular formula is C11H15BrClN3O2. The Kier molecular flexibility index (Phi) is 5.03. The van der Waals surface area contributed by atoms with Gasteiger partial charge in [0.15, 0.2) is 6.23 Å². The molecule has 2 heterocycles. The quantitative estimate of drug-likeness (QED) is 0.858. The lowest BCUT2D eigenvalue weighted by atomic mass is 10.2.